The first-order chi connectivity index (χ1) is 9.82. The van der Waals surface area contributed by atoms with Gasteiger partial charge in [-0.1, -0.05) is 32.3 Å². The van der Waals surface area contributed by atoms with Gasteiger partial charge in [0.15, 0.2) is 0 Å². The van der Waals surface area contributed by atoms with E-state index in [0.717, 1.165) is 44.2 Å². The maximum atomic E-state index is 13.3. The van der Waals surface area contributed by atoms with Gasteiger partial charge in [-0.2, -0.15) is 13.2 Å². The van der Waals surface area contributed by atoms with E-state index in [1.807, 2.05) is 0 Å². The molecule has 1 aromatic rings. The standard InChI is InChI=1S/C16H20F4O/c1-2-10-4-3-5-11(8-10)15(21)12-6-7-14(17)13(9-12)16(18,19)20/h6-7,9-11,15,21H,2-5,8H2,1H3. The Balaban J connectivity index is 2.21. The van der Waals surface area contributed by atoms with Crippen molar-refractivity contribution in [3.05, 3.63) is 35.1 Å². The summed E-state index contributed by atoms with van der Waals surface area (Å²) in [6, 6.07) is 2.79. The van der Waals surface area contributed by atoms with Crippen LogP contribution in [-0.4, -0.2) is 5.11 Å². The summed E-state index contributed by atoms with van der Waals surface area (Å²) < 4.78 is 51.5. The highest BCUT2D eigenvalue weighted by atomic mass is 19.4. The maximum absolute atomic E-state index is 13.3. The zero-order chi connectivity index (χ0) is 15.6. The third-order valence-electron chi connectivity index (χ3n) is 4.48. The van der Waals surface area contributed by atoms with E-state index >= 15 is 0 Å². The summed E-state index contributed by atoms with van der Waals surface area (Å²) in [5.41, 5.74) is -1.15. The van der Waals surface area contributed by atoms with E-state index in [1.54, 1.807) is 0 Å². The Morgan fingerprint density at radius 2 is 2.00 bits per heavy atom. The normalized spacial score (nSPS) is 24.9. The van der Waals surface area contributed by atoms with Gasteiger partial charge in [0.2, 0.25) is 0 Å². The minimum atomic E-state index is -4.74. The summed E-state index contributed by atoms with van der Waals surface area (Å²) in [5.74, 6) is -0.829. The first-order valence-electron chi connectivity index (χ1n) is 7.37. The molecule has 1 saturated carbocycles. The topological polar surface area (TPSA) is 20.2 Å². The van der Waals surface area contributed by atoms with Gasteiger partial charge < -0.3 is 5.11 Å². The number of halogens is 4. The Bertz CT molecular complexity index is 484. The summed E-state index contributed by atoms with van der Waals surface area (Å²) >= 11 is 0. The molecule has 1 nitrogen and oxygen atoms in total. The van der Waals surface area contributed by atoms with Crippen LogP contribution in [0.1, 0.15) is 56.3 Å². The third kappa shape index (κ3) is 3.76. The molecular weight excluding hydrogens is 284 g/mol. The number of aliphatic hydroxyl groups excluding tert-OH is 1. The average molecular weight is 304 g/mol. The number of rotatable bonds is 3. The van der Waals surface area contributed by atoms with Gasteiger partial charge in [-0.3, -0.25) is 0 Å². The van der Waals surface area contributed by atoms with Crippen molar-refractivity contribution >= 4 is 0 Å². The van der Waals surface area contributed by atoms with Crippen molar-refractivity contribution in [2.75, 3.05) is 0 Å². The van der Waals surface area contributed by atoms with Crippen molar-refractivity contribution in [3.8, 4) is 0 Å². The minimum Gasteiger partial charge on any atom is -0.388 e. The monoisotopic (exact) mass is 304 g/mol. The molecule has 0 radical (unpaired) electrons. The first-order valence-corrected chi connectivity index (χ1v) is 7.37. The molecule has 0 saturated heterocycles. The van der Waals surface area contributed by atoms with Crippen LogP contribution in [0.3, 0.4) is 0 Å². The molecule has 1 aliphatic carbocycles. The van der Waals surface area contributed by atoms with Gasteiger partial charge in [0.05, 0.1) is 11.7 Å². The molecule has 3 unspecified atom stereocenters. The Morgan fingerprint density at radius 3 is 2.62 bits per heavy atom. The molecule has 0 bridgehead atoms. The molecular formula is C16H20F4O. The summed E-state index contributed by atoms with van der Waals surface area (Å²) in [6.45, 7) is 2.08. The first kappa shape index (κ1) is 16.3. The third-order valence-corrected chi connectivity index (χ3v) is 4.48. The van der Waals surface area contributed by atoms with Crippen LogP contribution >= 0.6 is 0 Å². The Morgan fingerprint density at radius 1 is 1.29 bits per heavy atom. The molecule has 1 aliphatic rings. The summed E-state index contributed by atoms with van der Waals surface area (Å²) in [4.78, 5) is 0. The van der Waals surface area contributed by atoms with Crippen LogP contribution < -0.4 is 0 Å². The van der Waals surface area contributed by atoms with Gasteiger partial charge in [-0.25, -0.2) is 4.39 Å². The summed E-state index contributed by atoms with van der Waals surface area (Å²) in [7, 11) is 0. The average Bonchev–Trinajstić information content (AvgIpc) is 2.46. The van der Waals surface area contributed by atoms with Crippen LogP contribution in [0, 0.1) is 17.7 Å². The maximum Gasteiger partial charge on any atom is 0.419 e. The van der Waals surface area contributed by atoms with Crippen LogP contribution in [-0.2, 0) is 6.18 Å². The minimum absolute atomic E-state index is 0.0461. The second-order valence-electron chi connectivity index (χ2n) is 5.88. The predicted molar refractivity (Wildman–Crippen MR) is 72.1 cm³/mol. The lowest BCUT2D eigenvalue weighted by molar-refractivity contribution is -0.140. The fourth-order valence-corrected chi connectivity index (χ4v) is 3.21. The highest BCUT2D eigenvalue weighted by molar-refractivity contribution is 5.29. The Hall–Kier alpha value is -1.10. The van der Waals surface area contributed by atoms with Crippen LogP contribution in [0.2, 0.25) is 0 Å². The lowest BCUT2D eigenvalue weighted by atomic mass is 9.76. The molecule has 3 atom stereocenters. The molecule has 2 rings (SSSR count). The van der Waals surface area contributed by atoms with Crippen molar-refractivity contribution in [2.45, 2.75) is 51.3 Å². The van der Waals surface area contributed by atoms with Gasteiger partial charge >= 0.3 is 6.18 Å². The van der Waals surface area contributed by atoms with Crippen molar-refractivity contribution in [1.29, 1.82) is 0 Å². The molecule has 5 heteroatoms. The van der Waals surface area contributed by atoms with Crippen LogP contribution in [0.25, 0.3) is 0 Å². The molecule has 0 aliphatic heterocycles. The lowest BCUT2D eigenvalue weighted by Gasteiger charge is -2.32. The molecule has 118 valence electrons. The zero-order valence-electron chi connectivity index (χ0n) is 12.0. The van der Waals surface area contributed by atoms with Crippen molar-refractivity contribution in [3.63, 3.8) is 0 Å². The van der Waals surface area contributed by atoms with E-state index in [1.165, 1.54) is 6.07 Å². The highest BCUT2D eigenvalue weighted by Crippen LogP contribution is 2.40. The van der Waals surface area contributed by atoms with Crippen molar-refractivity contribution in [2.24, 2.45) is 11.8 Å². The molecule has 0 heterocycles. The van der Waals surface area contributed by atoms with E-state index in [-0.39, 0.29) is 11.5 Å². The fraction of sp³-hybridized carbons (Fsp3) is 0.625. The lowest BCUT2D eigenvalue weighted by Crippen LogP contribution is -2.22. The molecule has 0 aromatic heterocycles. The molecule has 1 fully saturated rings. The number of hydrogen-bond donors (Lipinski definition) is 1. The fourth-order valence-electron chi connectivity index (χ4n) is 3.21. The van der Waals surface area contributed by atoms with Gasteiger partial charge in [0.1, 0.15) is 5.82 Å². The predicted octanol–water partition coefficient (Wildman–Crippen LogP) is 5.09. The Labute approximate surface area is 122 Å². The SMILES string of the molecule is CCC1CCCC(C(O)c2ccc(F)c(C(F)(F)F)c2)C1. The summed E-state index contributed by atoms with van der Waals surface area (Å²) in [5, 5.41) is 10.3. The van der Waals surface area contributed by atoms with Crippen LogP contribution in [0.4, 0.5) is 17.6 Å². The van der Waals surface area contributed by atoms with Gasteiger partial charge in [-0.05, 0) is 42.4 Å². The number of benzene rings is 1. The van der Waals surface area contributed by atoms with E-state index < -0.39 is 23.7 Å². The van der Waals surface area contributed by atoms with E-state index in [2.05, 4.69) is 6.92 Å². The number of hydrogen-bond acceptors (Lipinski definition) is 1. The number of aliphatic hydroxyl groups is 1. The van der Waals surface area contributed by atoms with Crippen molar-refractivity contribution in [1.82, 2.24) is 0 Å². The molecule has 21 heavy (non-hydrogen) atoms. The van der Waals surface area contributed by atoms with Gasteiger partial charge in [0.25, 0.3) is 0 Å². The van der Waals surface area contributed by atoms with E-state index in [9.17, 15) is 22.7 Å². The van der Waals surface area contributed by atoms with Crippen LogP contribution in [0.5, 0.6) is 0 Å². The zero-order valence-corrected chi connectivity index (χ0v) is 12.0. The van der Waals surface area contributed by atoms with Gasteiger partial charge in [-0.15, -0.1) is 0 Å². The largest absolute Gasteiger partial charge is 0.419 e. The molecule has 1 N–H and O–H groups in total. The number of alkyl halides is 3. The Kier molecular flexibility index (Phi) is 4.91. The van der Waals surface area contributed by atoms with Crippen LogP contribution in [0.15, 0.2) is 18.2 Å². The molecule has 0 amide bonds. The smallest absolute Gasteiger partial charge is 0.388 e. The summed E-state index contributed by atoms with van der Waals surface area (Å²) in [6.07, 6.45) is -0.975. The molecule has 1 aromatic carbocycles. The molecule has 0 spiro atoms. The highest BCUT2D eigenvalue weighted by Gasteiger charge is 2.35. The van der Waals surface area contributed by atoms with E-state index in [0.29, 0.717) is 5.92 Å². The van der Waals surface area contributed by atoms with E-state index in [4.69, 9.17) is 0 Å². The second kappa shape index (κ2) is 6.34. The van der Waals surface area contributed by atoms with Crippen molar-refractivity contribution < 1.29 is 22.7 Å². The van der Waals surface area contributed by atoms with Gasteiger partial charge in [0, 0.05) is 0 Å². The quantitative estimate of drug-likeness (QED) is 0.771. The second-order valence-corrected chi connectivity index (χ2v) is 5.88.